The molecule has 0 bridgehead atoms. The van der Waals surface area contributed by atoms with Gasteiger partial charge in [-0.1, -0.05) is 123 Å². The molecule has 1 aromatic rings. The van der Waals surface area contributed by atoms with E-state index in [0.29, 0.717) is 0 Å². The molecule has 0 aliphatic rings. The normalized spacial score (nSPS) is 11.4. The summed E-state index contributed by atoms with van der Waals surface area (Å²) in [5.41, 5.74) is 0. The molecule has 0 saturated heterocycles. The van der Waals surface area contributed by atoms with E-state index in [1.165, 1.54) is 147 Å². The first-order valence-electron chi connectivity index (χ1n) is 13.4. The molecule has 0 unspecified atom stereocenters. The molecule has 1 N–H and O–H groups in total. The monoisotopic (exact) mass is 405 g/mol. The van der Waals surface area contributed by atoms with Crippen LogP contribution in [-0.4, -0.2) is 4.98 Å². The lowest BCUT2D eigenvalue weighted by Crippen LogP contribution is -2.36. The number of aromatic nitrogens is 2. The fourth-order valence-electron chi connectivity index (χ4n) is 4.37. The SMILES string of the molecule is CCCCCCCCCCCCCC[n+]1cc[nH]c1CCCCCCCCCC. The maximum absolute atomic E-state index is 3.48. The zero-order chi connectivity index (χ0) is 20.8. The molecule has 170 valence electrons. The Morgan fingerprint density at radius 3 is 1.45 bits per heavy atom. The molecule has 29 heavy (non-hydrogen) atoms. The standard InChI is InChI=1S/C27H52N2/c1-3-5-7-9-11-13-14-15-16-18-20-22-25-29-26-24-28-27(29)23-21-19-17-12-10-8-6-4-2/h24,26H,3-23,25H2,1-2H3/p+1. The van der Waals surface area contributed by atoms with Gasteiger partial charge in [-0.15, -0.1) is 0 Å². The Hall–Kier alpha value is -0.790. The van der Waals surface area contributed by atoms with Crippen molar-refractivity contribution in [3.8, 4) is 0 Å². The molecule has 1 aromatic heterocycles. The number of hydrogen-bond acceptors (Lipinski definition) is 0. The van der Waals surface area contributed by atoms with Crippen LogP contribution in [0.1, 0.15) is 148 Å². The number of imidazole rings is 1. The first-order valence-corrected chi connectivity index (χ1v) is 13.4. The van der Waals surface area contributed by atoms with Crippen LogP contribution in [0.15, 0.2) is 12.4 Å². The van der Waals surface area contributed by atoms with E-state index < -0.39 is 0 Å². The molecule has 0 amide bonds. The van der Waals surface area contributed by atoms with Gasteiger partial charge < -0.3 is 0 Å². The molecule has 0 atom stereocenters. The Balaban J connectivity index is 1.92. The van der Waals surface area contributed by atoms with Crippen molar-refractivity contribution >= 4 is 0 Å². The van der Waals surface area contributed by atoms with E-state index in [4.69, 9.17) is 0 Å². The molecule has 0 fully saturated rings. The van der Waals surface area contributed by atoms with Gasteiger partial charge in [0.1, 0.15) is 12.4 Å². The Bertz CT molecular complexity index is 438. The van der Waals surface area contributed by atoms with Crippen molar-refractivity contribution in [3.05, 3.63) is 18.2 Å². The van der Waals surface area contributed by atoms with Crippen molar-refractivity contribution in [2.24, 2.45) is 0 Å². The highest BCUT2D eigenvalue weighted by atomic mass is 15.1. The Morgan fingerprint density at radius 2 is 0.966 bits per heavy atom. The lowest BCUT2D eigenvalue weighted by atomic mass is 10.1. The van der Waals surface area contributed by atoms with Gasteiger partial charge in [-0.25, -0.2) is 9.55 Å². The third kappa shape index (κ3) is 15.7. The van der Waals surface area contributed by atoms with Gasteiger partial charge in [-0.05, 0) is 19.3 Å². The lowest BCUT2D eigenvalue weighted by Gasteiger charge is -2.04. The molecule has 2 heteroatoms. The molecule has 1 rings (SSSR count). The van der Waals surface area contributed by atoms with Crippen LogP contribution in [0.4, 0.5) is 0 Å². The Labute approximate surface area is 183 Å². The van der Waals surface area contributed by atoms with E-state index in [-0.39, 0.29) is 0 Å². The number of nitrogens with zero attached hydrogens (tertiary/aromatic N) is 1. The van der Waals surface area contributed by atoms with Crippen LogP contribution in [0.3, 0.4) is 0 Å². The van der Waals surface area contributed by atoms with Gasteiger partial charge in [0.25, 0.3) is 5.82 Å². The van der Waals surface area contributed by atoms with E-state index in [0.717, 1.165) is 0 Å². The average Bonchev–Trinajstić information content (AvgIpc) is 3.18. The third-order valence-electron chi connectivity index (χ3n) is 6.37. The molecule has 0 spiro atoms. The molecular formula is C27H53N2+. The summed E-state index contributed by atoms with van der Waals surface area (Å²) in [6, 6.07) is 0. The van der Waals surface area contributed by atoms with Crippen molar-refractivity contribution in [2.75, 3.05) is 0 Å². The van der Waals surface area contributed by atoms with Crippen LogP contribution >= 0.6 is 0 Å². The summed E-state index contributed by atoms with van der Waals surface area (Å²) in [6.07, 6.45) is 34.0. The second kappa shape index (κ2) is 20.5. The first kappa shape index (κ1) is 26.2. The number of unbranched alkanes of at least 4 members (excludes halogenated alkanes) is 18. The predicted molar refractivity (Wildman–Crippen MR) is 128 cm³/mol. The molecule has 0 aliphatic carbocycles. The highest BCUT2D eigenvalue weighted by molar-refractivity contribution is 4.77. The smallest absolute Gasteiger partial charge is 0.248 e. The van der Waals surface area contributed by atoms with Crippen molar-refractivity contribution in [1.82, 2.24) is 4.98 Å². The molecule has 1 heterocycles. The van der Waals surface area contributed by atoms with Gasteiger partial charge in [0.2, 0.25) is 0 Å². The van der Waals surface area contributed by atoms with Gasteiger partial charge in [0.05, 0.1) is 6.54 Å². The summed E-state index contributed by atoms with van der Waals surface area (Å²) in [4.78, 5) is 3.48. The number of hydrogen-bond donors (Lipinski definition) is 1. The summed E-state index contributed by atoms with van der Waals surface area (Å²) in [6.45, 7) is 5.79. The number of nitrogens with one attached hydrogen (secondary N) is 1. The zero-order valence-corrected chi connectivity index (χ0v) is 20.2. The minimum absolute atomic E-state index is 1.20. The van der Waals surface area contributed by atoms with Crippen molar-refractivity contribution in [3.63, 3.8) is 0 Å². The molecule has 0 aromatic carbocycles. The van der Waals surface area contributed by atoms with E-state index >= 15 is 0 Å². The Morgan fingerprint density at radius 1 is 0.552 bits per heavy atom. The van der Waals surface area contributed by atoms with Gasteiger partial charge >= 0.3 is 0 Å². The predicted octanol–water partition coefficient (Wildman–Crippen LogP) is 8.69. The minimum atomic E-state index is 1.20. The van der Waals surface area contributed by atoms with Crippen LogP contribution in [0.2, 0.25) is 0 Å². The number of aromatic amines is 1. The van der Waals surface area contributed by atoms with Crippen LogP contribution < -0.4 is 4.57 Å². The second-order valence-corrected chi connectivity index (χ2v) is 9.21. The van der Waals surface area contributed by atoms with Crippen LogP contribution in [0.25, 0.3) is 0 Å². The van der Waals surface area contributed by atoms with Crippen molar-refractivity contribution in [1.29, 1.82) is 0 Å². The second-order valence-electron chi connectivity index (χ2n) is 9.21. The minimum Gasteiger partial charge on any atom is -0.248 e. The summed E-state index contributed by atoms with van der Waals surface area (Å²) < 4.78 is 2.47. The fourth-order valence-corrected chi connectivity index (χ4v) is 4.37. The van der Waals surface area contributed by atoms with Crippen LogP contribution in [0, 0.1) is 0 Å². The van der Waals surface area contributed by atoms with E-state index in [2.05, 4.69) is 35.8 Å². The summed E-state index contributed by atoms with van der Waals surface area (Å²) in [5.74, 6) is 1.44. The topological polar surface area (TPSA) is 19.7 Å². The van der Waals surface area contributed by atoms with Crippen molar-refractivity contribution < 1.29 is 4.57 Å². The average molecular weight is 406 g/mol. The fraction of sp³-hybridized carbons (Fsp3) is 0.889. The highest BCUT2D eigenvalue weighted by Gasteiger charge is 2.09. The number of rotatable bonds is 22. The molecule has 2 nitrogen and oxygen atoms in total. The molecule has 0 radical (unpaired) electrons. The van der Waals surface area contributed by atoms with Gasteiger partial charge in [0, 0.05) is 6.42 Å². The summed E-state index contributed by atoms with van der Waals surface area (Å²) in [7, 11) is 0. The third-order valence-corrected chi connectivity index (χ3v) is 6.37. The summed E-state index contributed by atoms with van der Waals surface area (Å²) >= 11 is 0. The summed E-state index contributed by atoms with van der Waals surface area (Å²) in [5, 5.41) is 0. The first-order chi connectivity index (χ1) is 14.4. The largest absolute Gasteiger partial charge is 0.254 e. The zero-order valence-electron chi connectivity index (χ0n) is 20.2. The molecule has 0 aliphatic heterocycles. The highest BCUT2D eigenvalue weighted by Crippen LogP contribution is 2.12. The van der Waals surface area contributed by atoms with Crippen LogP contribution in [-0.2, 0) is 13.0 Å². The maximum Gasteiger partial charge on any atom is 0.254 e. The number of H-pyrrole nitrogens is 1. The number of aryl methyl sites for hydroxylation is 2. The molecular weight excluding hydrogens is 352 g/mol. The molecule has 0 saturated carbocycles. The van der Waals surface area contributed by atoms with Gasteiger partial charge in [-0.2, -0.15) is 0 Å². The van der Waals surface area contributed by atoms with E-state index in [1.807, 2.05) is 0 Å². The van der Waals surface area contributed by atoms with Crippen molar-refractivity contribution in [2.45, 2.75) is 155 Å². The van der Waals surface area contributed by atoms with E-state index in [9.17, 15) is 0 Å². The maximum atomic E-state index is 3.48. The lowest BCUT2D eigenvalue weighted by molar-refractivity contribution is -0.703. The van der Waals surface area contributed by atoms with E-state index in [1.54, 1.807) is 0 Å². The van der Waals surface area contributed by atoms with Gasteiger partial charge in [0.15, 0.2) is 0 Å². The Kier molecular flexibility index (Phi) is 18.5. The van der Waals surface area contributed by atoms with Gasteiger partial charge in [-0.3, -0.25) is 0 Å². The van der Waals surface area contributed by atoms with Crippen LogP contribution in [0.5, 0.6) is 0 Å². The quantitative estimate of drug-likeness (QED) is 0.147.